The number of halogens is 1. The van der Waals surface area contributed by atoms with E-state index in [1.54, 1.807) is 6.20 Å². The molecule has 1 rings (SSSR count). The normalized spacial score (nSPS) is 11.4. The molecule has 0 amide bonds. The highest BCUT2D eigenvalue weighted by molar-refractivity contribution is 9.10. The SMILES string of the molecule is CC(C)(C)CCOc1ccc(Br)nc1. The van der Waals surface area contributed by atoms with Crippen LogP contribution in [0.25, 0.3) is 0 Å². The van der Waals surface area contributed by atoms with Crippen molar-refractivity contribution >= 4 is 15.9 Å². The van der Waals surface area contributed by atoms with Gasteiger partial charge in [0.2, 0.25) is 0 Å². The second-order valence-corrected chi connectivity index (χ2v) is 5.29. The monoisotopic (exact) mass is 257 g/mol. The van der Waals surface area contributed by atoms with Crippen molar-refractivity contribution in [3.63, 3.8) is 0 Å². The summed E-state index contributed by atoms with van der Waals surface area (Å²) in [5, 5.41) is 0. The van der Waals surface area contributed by atoms with E-state index in [0.717, 1.165) is 23.4 Å². The third-order valence-electron chi connectivity index (χ3n) is 1.82. The average Bonchev–Trinajstić information content (AvgIpc) is 2.06. The van der Waals surface area contributed by atoms with Crippen LogP contribution < -0.4 is 4.74 Å². The van der Waals surface area contributed by atoms with Crippen LogP contribution >= 0.6 is 15.9 Å². The van der Waals surface area contributed by atoms with Crippen LogP contribution in [0.1, 0.15) is 27.2 Å². The van der Waals surface area contributed by atoms with Gasteiger partial charge in [-0.05, 0) is 39.9 Å². The van der Waals surface area contributed by atoms with Gasteiger partial charge in [0.15, 0.2) is 0 Å². The van der Waals surface area contributed by atoms with Gasteiger partial charge in [-0.15, -0.1) is 0 Å². The third-order valence-corrected chi connectivity index (χ3v) is 2.29. The molecule has 1 heterocycles. The molecule has 0 aliphatic heterocycles. The van der Waals surface area contributed by atoms with Crippen LogP contribution in [0, 0.1) is 5.41 Å². The van der Waals surface area contributed by atoms with Gasteiger partial charge in [-0.1, -0.05) is 20.8 Å². The molecule has 0 radical (unpaired) electrons. The summed E-state index contributed by atoms with van der Waals surface area (Å²) in [6.07, 6.45) is 2.77. The summed E-state index contributed by atoms with van der Waals surface area (Å²) in [5.41, 5.74) is 0.322. The predicted molar refractivity (Wildman–Crippen MR) is 61.5 cm³/mol. The molecule has 0 saturated heterocycles. The van der Waals surface area contributed by atoms with Crippen molar-refractivity contribution in [2.45, 2.75) is 27.2 Å². The number of hydrogen-bond acceptors (Lipinski definition) is 2. The molecule has 0 spiro atoms. The molecule has 0 unspecified atom stereocenters. The average molecular weight is 258 g/mol. The Hall–Kier alpha value is -0.570. The number of nitrogens with zero attached hydrogens (tertiary/aromatic N) is 1. The van der Waals surface area contributed by atoms with E-state index in [1.807, 2.05) is 12.1 Å². The first-order valence-electron chi connectivity index (χ1n) is 4.72. The summed E-state index contributed by atoms with van der Waals surface area (Å²) in [7, 11) is 0. The highest BCUT2D eigenvalue weighted by Crippen LogP contribution is 2.19. The van der Waals surface area contributed by atoms with Gasteiger partial charge in [0, 0.05) is 0 Å². The Labute approximate surface area is 93.8 Å². The summed E-state index contributed by atoms with van der Waals surface area (Å²) in [5.74, 6) is 0.831. The van der Waals surface area contributed by atoms with Crippen LogP contribution in [0.5, 0.6) is 5.75 Å². The minimum atomic E-state index is 0.322. The first-order valence-corrected chi connectivity index (χ1v) is 5.51. The number of pyridine rings is 1. The van der Waals surface area contributed by atoms with Gasteiger partial charge in [-0.25, -0.2) is 4.98 Å². The Morgan fingerprint density at radius 1 is 1.36 bits per heavy atom. The Bertz CT molecular complexity index is 276. The Morgan fingerprint density at radius 3 is 2.57 bits per heavy atom. The minimum absolute atomic E-state index is 0.322. The molecule has 1 aromatic heterocycles. The minimum Gasteiger partial charge on any atom is -0.492 e. The molecular formula is C11H16BrNO. The van der Waals surface area contributed by atoms with Crippen molar-refractivity contribution in [1.29, 1.82) is 0 Å². The number of ether oxygens (including phenoxy) is 1. The third kappa shape index (κ3) is 4.61. The molecule has 0 fully saturated rings. The van der Waals surface area contributed by atoms with Gasteiger partial charge in [-0.2, -0.15) is 0 Å². The molecule has 0 aliphatic rings. The Balaban J connectivity index is 2.35. The van der Waals surface area contributed by atoms with E-state index in [4.69, 9.17) is 4.74 Å². The summed E-state index contributed by atoms with van der Waals surface area (Å²) in [4.78, 5) is 4.09. The molecule has 78 valence electrons. The highest BCUT2D eigenvalue weighted by Gasteiger charge is 2.09. The Morgan fingerprint density at radius 2 is 2.07 bits per heavy atom. The van der Waals surface area contributed by atoms with Crippen molar-refractivity contribution in [3.05, 3.63) is 22.9 Å². The molecule has 0 aliphatic carbocycles. The van der Waals surface area contributed by atoms with Gasteiger partial charge in [-0.3, -0.25) is 0 Å². The smallest absolute Gasteiger partial charge is 0.137 e. The van der Waals surface area contributed by atoms with E-state index in [0.29, 0.717) is 5.41 Å². The van der Waals surface area contributed by atoms with Crippen LogP contribution in [0.3, 0.4) is 0 Å². The highest BCUT2D eigenvalue weighted by atomic mass is 79.9. The first kappa shape index (κ1) is 11.5. The zero-order chi connectivity index (χ0) is 10.6. The maximum Gasteiger partial charge on any atom is 0.137 e. The van der Waals surface area contributed by atoms with E-state index in [2.05, 4.69) is 41.7 Å². The lowest BCUT2D eigenvalue weighted by Crippen LogP contribution is -2.11. The molecule has 3 heteroatoms. The summed E-state index contributed by atoms with van der Waals surface area (Å²) < 4.78 is 6.39. The molecule has 1 aromatic rings. The molecule has 14 heavy (non-hydrogen) atoms. The molecule has 0 N–H and O–H groups in total. The maximum atomic E-state index is 5.55. The van der Waals surface area contributed by atoms with Crippen LogP contribution in [-0.2, 0) is 0 Å². The summed E-state index contributed by atoms with van der Waals surface area (Å²) in [6, 6.07) is 3.80. The molecule has 2 nitrogen and oxygen atoms in total. The topological polar surface area (TPSA) is 22.1 Å². The predicted octanol–water partition coefficient (Wildman–Crippen LogP) is 3.66. The van der Waals surface area contributed by atoms with Crippen molar-refractivity contribution < 1.29 is 4.74 Å². The fourth-order valence-electron chi connectivity index (χ4n) is 0.923. The van der Waals surface area contributed by atoms with Crippen LogP contribution in [0.4, 0.5) is 0 Å². The fraction of sp³-hybridized carbons (Fsp3) is 0.545. The molecular weight excluding hydrogens is 242 g/mol. The fourth-order valence-corrected chi connectivity index (χ4v) is 1.16. The second-order valence-electron chi connectivity index (χ2n) is 4.48. The van der Waals surface area contributed by atoms with Crippen molar-refractivity contribution in [2.24, 2.45) is 5.41 Å². The van der Waals surface area contributed by atoms with Crippen LogP contribution in [0.2, 0.25) is 0 Å². The van der Waals surface area contributed by atoms with Gasteiger partial charge in [0.1, 0.15) is 10.4 Å². The zero-order valence-corrected chi connectivity index (χ0v) is 10.5. The van der Waals surface area contributed by atoms with Crippen molar-refractivity contribution in [1.82, 2.24) is 4.98 Å². The lowest BCUT2D eigenvalue weighted by Gasteiger charge is -2.17. The Kier molecular flexibility index (Phi) is 3.93. The van der Waals surface area contributed by atoms with E-state index in [-0.39, 0.29) is 0 Å². The molecule has 0 bridgehead atoms. The first-order chi connectivity index (χ1) is 6.47. The van der Waals surface area contributed by atoms with Gasteiger partial charge >= 0.3 is 0 Å². The maximum absolute atomic E-state index is 5.55. The van der Waals surface area contributed by atoms with Gasteiger partial charge in [0.25, 0.3) is 0 Å². The van der Waals surface area contributed by atoms with E-state index in [9.17, 15) is 0 Å². The van der Waals surface area contributed by atoms with E-state index >= 15 is 0 Å². The quantitative estimate of drug-likeness (QED) is 0.772. The summed E-state index contributed by atoms with van der Waals surface area (Å²) in [6.45, 7) is 7.36. The van der Waals surface area contributed by atoms with E-state index < -0.39 is 0 Å². The standard InChI is InChI=1S/C11H16BrNO/c1-11(2,3)6-7-14-9-4-5-10(12)13-8-9/h4-5,8H,6-7H2,1-3H3. The zero-order valence-electron chi connectivity index (χ0n) is 8.88. The van der Waals surface area contributed by atoms with Gasteiger partial charge in [0.05, 0.1) is 12.8 Å². The molecule has 0 saturated carbocycles. The number of aromatic nitrogens is 1. The second kappa shape index (κ2) is 4.78. The molecule has 0 atom stereocenters. The molecule has 0 aromatic carbocycles. The van der Waals surface area contributed by atoms with Crippen molar-refractivity contribution in [2.75, 3.05) is 6.61 Å². The number of hydrogen-bond donors (Lipinski definition) is 0. The number of rotatable bonds is 3. The van der Waals surface area contributed by atoms with Crippen LogP contribution in [-0.4, -0.2) is 11.6 Å². The summed E-state index contributed by atoms with van der Waals surface area (Å²) >= 11 is 3.28. The lowest BCUT2D eigenvalue weighted by atomic mass is 9.93. The lowest BCUT2D eigenvalue weighted by molar-refractivity contribution is 0.242. The van der Waals surface area contributed by atoms with Crippen molar-refractivity contribution in [3.8, 4) is 5.75 Å². The van der Waals surface area contributed by atoms with Gasteiger partial charge < -0.3 is 4.74 Å². The van der Waals surface area contributed by atoms with Crippen LogP contribution in [0.15, 0.2) is 22.9 Å². The largest absolute Gasteiger partial charge is 0.492 e. The van der Waals surface area contributed by atoms with E-state index in [1.165, 1.54) is 0 Å².